The van der Waals surface area contributed by atoms with Gasteiger partial charge in [-0.15, -0.1) is 0 Å². The van der Waals surface area contributed by atoms with Gasteiger partial charge in [0.25, 0.3) is 0 Å². The number of hydrogen-bond acceptors (Lipinski definition) is 3. The Morgan fingerprint density at radius 2 is 1.85 bits per heavy atom. The Labute approximate surface area is 162 Å². The Hall–Kier alpha value is -2.18. The molecular weight excluding hydrogens is 372 g/mol. The molecule has 0 saturated carbocycles. The van der Waals surface area contributed by atoms with Crippen molar-refractivity contribution in [1.82, 2.24) is 10.2 Å². The van der Waals surface area contributed by atoms with Crippen molar-refractivity contribution in [3.63, 3.8) is 0 Å². The SMILES string of the molecule is C[C@H](NCC(=O)N1CCN(c2cccc(Cl)c2)CC1)c1ccc(F)c(F)c1. The number of piperazine rings is 1. The van der Waals surface area contributed by atoms with E-state index in [0.29, 0.717) is 23.7 Å². The first kappa shape index (κ1) is 19.6. The van der Waals surface area contributed by atoms with Crippen LogP contribution in [0.4, 0.5) is 14.5 Å². The van der Waals surface area contributed by atoms with Crippen molar-refractivity contribution in [2.45, 2.75) is 13.0 Å². The monoisotopic (exact) mass is 393 g/mol. The highest BCUT2D eigenvalue weighted by molar-refractivity contribution is 6.30. The van der Waals surface area contributed by atoms with Crippen LogP contribution in [0.1, 0.15) is 18.5 Å². The van der Waals surface area contributed by atoms with E-state index in [1.165, 1.54) is 6.07 Å². The van der Waals surface area contributed by atoms with Crippen molar-refractivity contribution >= 4 is 23.2 Å². The van der Waals surface area contributed by atoms with Gasteiger partial charge in [0.2, 0.25) is 5.91 Å². The maximum absolute atomic E-state index is 13.3. The lowest BCUT2D eigenvalue weighted by atomic mass is 10.1. The van der Waals surface area contributed by atoms with Crippen LogP contribution in [0.3, 0.4) is 0 Å². The molecule has 7 heteroatoms. The van der Waals surface area contributed by atoms with Crippen LogP contribution < -0.4 is 10.2 Å². The minimum absolute atomic E-state index is 0.00447. The van der Waals surface area contributed by atoms with E-state index in [9.17, 15) is 13.6 Å². The second-order valence-corrected chi connectivity index (χ2v) is 7.06. The van der Waals surface area contributed by atoms with Gasteiger partial charge >= 0.3 is 0 Å². The lowest BCUT2D eigenvalue weighted by Crippen LogP contribution is -2.51. The quantitative estimate of drug-likeness (QED) is 0.842. The number of anilines is 1. The topological polar surface area (TPSA) is 35.6 Å². The Kier molecular flexibility index (Phi) is 6.29. The molecule has 1 heterocycles. The molecule has 4 nitrogen and oxygen atoms in total. The number of amides is 1. The zero-order valence-corrected chi connectivity index (χ0v) is 15.8. The van der Waals surface area contributed by atoms with Crippen molar-refractivity contribution in [3.8, 4) is 0 Å². The molecule has 0 aromatic heterocycles. The Balaban J connectivity index is 1.48. The standard InChI is InChI=1S/C20H22ClF2N3O/c1-14(15-5-6-18(22)19(23)11-15)24-13-20(27)26-9-7-25(8-10-26)17-4-2-3-16(21)12-17/h2-6,11-12,14,24H,7-10,13H2,1H3/t14-/m0/s1. The van der Waals surface area contributed by atoms with Crippen LogP contribution in [0.25, 0.3) is 0 Å². The van der Waals surface area contributed by atoms with Crippen LogP contribution in [-0.2, 0) is 4.79 Å². The fourth-order valence-corrected chi connectivity index (χ4v) is 3.32. The number of halogens is 3. The summed E-state index contributed by atoms with van der Waals surface area (Å²) >= 11 is 6.04. The van der Waals surface area contributed by atoms with Gasteiger partial charge in [0.1, 0.15) is 0 Å². The zero-order valence-electron chi connectivity index (χ0n) is 15.1. The lowest BCUT2D eigenvalue weighted by Gasteiger charge is -2.36. The summed E-state index contributed by atoms with van der Waals surface area (Å²) in [6.45, 7) is 4.71. The van der Waals surface area contributed by atoms with E-state index in [-0.39, 0.29) is 18.5 Å². The Morgan fingerprint density at radius 3 is 2.52 bits per heavy atom. The predicted octanol–water partition coefficient (Wildman–Crippen LogP) is 3.62. The molecule has 1 atom stereocenters. The molecule has 1 N–H and O–H groups in total. The molecule has 2 aromatic carbocycles. The highest BCUT2D eigenvalue weighted by Gasteiger charge is 2.21. The van der Waals surface area contributed by atoms with Gasteiger partial charge in [0.15, 0.2) is 11.6 Å². The molecule has 27 heavy (non-hydrogen) atoms. The van der Waals surface area contributed by atoms with Crippen molar-refractivity contribution in [1.29, 1.82) is 0 Å². The molecule has 0 unspecified atom stereocenters. The van der Waals surface area contributed by atoms with Crippen LogP contribution >= 0.6 is 11.6 Å². The number of nitrogens with one attached hydrogen (secondary N) is 1. The molecule has 0 aliphatic carbocycles. The van der Waals surface area contributed by atoms with Crippen molar-refractivity contribution in [2.75, 3.05) is 37.6 Å². The van der Waals surface area contributed by atoms with E-state index >= 15 is 0 Å². The first-order chi connectivity index (χ1) is 12.9. The van der Waals surface area contributed by atoms with Gasteiger partial charge < -0.3 is 15.1 Å². The van der Waals surface area contributed by atoms with Gasteiger partial charge in [-0.2, -0.15) is 0 Å². The summed E-state index contributed by atoms with van der Waals surface area (Å²) in [5.74, 6) is -1.76. The number of rotatable bonds is 5. The molecule has 1 saturated heterocycles. The first-order valence-corrected chi connectivity index (χ1v) is 9.28. The van der Waals surface area contributed by atoms with E-state index in [1.807, 2.05) is 36.1 Å². The third kappa shape index (κ3) is 4.96. The number of carbonyl (C=O) groups is 1. The third-order valence-electron chi connectivity index (χ3n) is 4.81. The average molecular weight is 394 g/mol. The van der Waals surface area contributed by atoms with Gasteiger partial charge in [-0.3, -0.25) is 4.79 Å². The van der Waals surface area contributed by atoms with Crippen LogP contribution in [0.5, 0.6) is 0 Å². The third-order valence-corrected chi connectivity index (χ3v) is 5.04. The van der Waals surface area contributed by atoms with Crippen LogP contribution in [-0.4, -0.2) is 43.5 Å². The van der Waals surface area contributed by atoms with E-state index < -0.39 is 11.6 Å². The molecule has 1 fully saturated rings. The Morgan fingerprint density at radius 1 is 1.11 bits per heavy atom. The first-order valence-electron chi connectivity index (χ1n) is 8.90. The van der Waals surface area contributed by atoms with Gasteiger partial charge in [-0.05, 0) is 42.8 Å². The van der Waals surface area contributed by atoms with Gasteiger partial charge in [-0.1, -0.05) is 23.7 Å². The summed E-state index contributed by atoms with van der Waals surface area (Å²) in [6, 6.07) is 11.2. The second kappa shape index (κ2) is 8.67. The molecule has 0 radical (unpaired) electrons. The van der Waals surface area contributed by atoms with E-state index in [1.54, 1.807) is 0 Å². The van der Waals surface area contributed by atoms with Gasteiger partial charge in [0.05, 0.1) is 6.54 Å². The normalized spacial score (nSPS) is 15.7. The maximum Gasteiger partial charge on any atom is 0.236 e. The minimum atomic E-state index is -0.885. The number of carbonyl (C=O) groups excluding carboxylic acids is 1. The van der Waals surface area contributed by atoms with E-state index in [4.69, 9.17) is 11.6 Å². The summed E-state index contributed by atoms with van der Waals surface area (Å²) < 4.78 is 26.4. The summed E-state index contributed by atoms with van der Waals surface area (Å²) in [6.07, 6.45) is 0. The summed E-state index contributed by atoms with van der Waals surface area (Å²) in [7, 11) is 0. The lowest BCUT2D eigenvalue weighted by molar-refractivity contribution is -0.130. The molecule has 1 aliphatic heterocycles. The summed E-state index contributed by atoms with van der Waals surface area (Å²) in [5.41, 5.74) is 1.66. The molecule has 1 amide bonds. The molecular formula is C20H22ClF2N3O. The van der Waals surface area contributed by atoms with Crippen molar-refractivity contribution in [2.24, 2.45) is 0 Å². The Bertz CT molecular complexity index is 810. The van der Waals surface area contributed by atoms with Crippen molar-refractivity contribution < 1.29 is 13.6 Å². The van der Waals surface area contributed by atoms with Gasteiger partial charge in [0, 0.05) is 42.9 Å². The van der Waals surface area contributed by atoms with Crippen LogP contribution in [0, 0.1) is 11.6 Å². The molecule has 3 rings (SSSR count). The molecule has 0 bridgehead atoms. The van der Waals surface area contributed by atoms with E-state index in [0.717, 1.165) is 30.9 Å². The number of hydrogen-bond donors (Lipinski definition) is 1. The number of nitrogens with zero attached hydrogens (tertiary/aromatic N) is 2. The predicted molar refractivity (Wildman–Crippen MR) is 103 cm³/mol. The molecule has 144 valence electrons. The van der Waals surface area contributed by atoms with Crippen LogP contribution in [0.2, 0.25) is 5.02 Å². The fraction of sp³-hybridized carbons (Fsp3) is 0.350. The zero-order chi connectivity index (χ0) is 19.4. The summed E-state index contributed by atoms with van der Waals surface area (Å²) in [5, 5.41) is 3.78. The molecule has 2 aromatic rings. The largest absolute Gasteiger partial charge is 0.368 e. The molecule has 1 aliphatic rings. The fourth-order valence-electron chi connectivity index (χ4n) is 3.14. The highest BCUT2D eigenvalue weighted by atomic mass is 35.5. The minimum Gasteiger partial charge on any atom is -0.368 e. The van der Waals surface area contributed by atoms with Crippen molar-refractivity contribution in [3.05, 3.63) is 64.7 Å². The number of benzene rings is 2. The highest BCUT2D eigenvalue weighted by Crippen LogP contribution is 2.21. The van der Waals surface area contributed by atoms with Gasteiger partial charge in [-0.25, -0.2) is 8.78 Å². The van der Waals surface area contributed by atoms with Crippen LogP contribution in [0.15, 0.2) is 42.5 Å². The maximum atomic E-state index is 13.3. The molecule has 0 spiro atoms. The second-order valence-electron chi connectivity index (χ2n) is 6.62. The summed E-state index contributed by atoms with van der Waals surface area (Å²) in [4.78, 5) is 16.5. The van der Waals surface area contributed by atoms with E-state index in [2.05, 4.69) is 10.2 Å². The average Bonchev–Trinajstić information content (AvgIpc) is 2.68. The smallest absolute Gasteiger partial charge is 0.236 e.